The van der Waals surface area contributed by atoms with Crippen molar-refractivity contribution in [1.82, 2.24) is 16.0 Å². The molecule has 3 aromatic rings. The lowest BCUT2D eigenvalue weighted by Gasteiger charge is -2.49. The number of aryl methyl sites for hydroxylation is 1. The standard InChI is InChI=1S/C45H52N4O9/c1-4-24(21-50)44(55)57-35-19-33-40(54)39-34(53)18-30(22-51)56-42(39)38-32-17-27-16-29(52)10-9-25(27)7-8-26(37-31(32)12-13-48-43(37)46)15-28(45(35,3)58-41(33)38)14-23-6-11-36(47-5-2)49-20-23/h4,6,9-12,16,18,20,26,28,32,35-36,47-52,54H,5,7-8,13-15,17,19,21-22,46H2,1-3H3/b24-4-/t26-,28+,32+,35-,36?,45+/m1/s1. The minimum Gasteiger partial charge on any atom is -0.508 e. The molecule has 4 bridgehead atoms. The molecule has 0 saturated heterocycles. The van der Waals surface area contributed by atoms with Gasteiger partial charge in [0.25, 0.3) is 0 Å². The monoisotopic (exact) mass is 792 g/mol. The third-order valence-corrected chi connectivity index (χ3v) is 12.8. The van der Waals surface area contributed by atoms with Gasteiger partial charge in [-0.15, -0.1) is 0 Å². The number of esters is 1. The molecule has 1 unspecified atom stereocenters. The van der Waals surface area contributed by atoms with Crippen molar-refractivity contribution < 1.29 is 39.1 Å². The molecular weight excluding hydrogens is 741 g/mol. The van der Waals surface area contributed by atoms with E-state index >= 15 is 0 Å². The lowest BCUT2D eigenvalue weighted by Crippen LogP contribution is -2.57. The van der Waals surface area contributed by atoms with E-state index in [1.54, 1.807) is 19.1 Å². The number of nitrogens with two attached hydrogens (primary N) is 1. The number of hydrogen-bond acceptors (Lipinski definition) is 13. The summed E-state index contributed by atoms with van der Waals surface area (Å²) in [7, 11) is 0. The Balaban J connectivity index is 1.45. The van der Waals surface area contributed by atoms with Gasteiger partial charge in [0.2, 0.25) is 0 Å². The van der Waals surface area contributed by atoms with Crippen LogP contribution in [-0.2, 0) is 35.4 Å². The van der Waals surface area contributed by atoms with Crippen LogP contribution in [0.1, 0.15) is 74.0 Å². The van der Waals surface area contributed by atoms with Crippen LogP contribution in [0.4, 0.5) is 0 Å². The summed E-state index contributed by atoms with van der Waals surface area (Å²) in [5.41, 5.74) is 11.0. The average molecular weight is 793 g/mol. The molecule has 4 aliphatic heterocycles. The second-order valence-electron chi connectivity index (χ2n) is 16.1. The Morgan fingerprint density at radius 3 is 2.72 bits per heavy atom. The summed E-state index contributed by atoms with van der Waals surface area (Å²) in [6, 6.07) is 6.60. The fourth-order valence-electron chi connectivity index (χ4n) is 9.74. The number of aliphatic hydroxyl groups excluding tert-OH is 2. The average Bonchev–Trinajstić information content (AvgIpc) is 3.26. The molecule has 306 valence electrons. The zero-order valence-corrected chi connectivity index (χ0v) is 33.1. The fraction of sp³-hybridized carbons (Fsp3) is 0.422. The number of likely N-dealkylation sites (N-methyl/N-ethyl adjacent to an activating group) is 1. The highest BCUT2D eigenvalue weighted by Crippen LogP contribution is 2.56. The number of benzene rings is 2. The van der Waals surface area contributed by atoms with Gasteiger partial charge in [0.1, 0.15) is 58.1 Å². The molecule has 5 heterocycles. The van der Waals surface area contributed by atoms with E-state index in [0.717, 1.165) is 34.4 Å². The smallest absolute Gasteiger partial charge is 0.336 e. The minimum atomic E-state index is -1.26. The van der Waals surface area contributed by atoms with E-state index in [-0.39, 0.29) is 63.8 Å². The molecule has 8 rings (SSSR count). The SMILES string of the molecule is C/C=C(/CO)C(=O)O[C@@H]1Cc2c3c(c4oc(CO)cc(=O)c4c2O)[C@H]2Cc4cc(O)ccc4CC[C@H](C[C@H](CC4=CNC(NCC)C=C4)[C@]1(C)O3)C1=C(N)NCC=C12. The predicted octanol–water partition coefficient (Wildman–Crippen LogP) is 4.22. The van der Waals surface area contributed by atoms with Gasteiger partial charge in [0.05, 0.1) is 18.3 Å². The number of dihydropyridines is 2. The summed E-state index contributed by atoms with van der Waals surface area (Å²) in [6.45, 7) is 5.77. The van der Waals surface area contributed by atoms with Crippen molar-refractivity contribution >= 4 is 16.9 Å². The van der Waals surface area contributed by atoms with E-state index in [4.69, 9.17) is 19.6 Å². The molecule has 58 heavy (non-hydrogen) atoms. The number of carbonyl (C=O) groups excluding carboxylic acids is 1. The first-order valence-corrected chi connectivity index (χ1v) is 20.2. The van der Waals surface area contributed by atoms with Crippen LogP contribution in [-0.4, -0.2) is 64.0 Å². The van der Waals surface area contributed by atoms with Crippen LogP contribution < -0.4 is 31.8 Å². The van der Waals surface area contributed by atoms with Crippen molar-refractivity contribution in [3.8, 4) is 17.2 Å². The molecular formula is C45H52N4O9. The molecule has 13 heteroatoms. The molecule has 0 radical (unpaired) electrons. The molecule has 1 aliphatic carbocycles. The number of allylic oxidation sites excluding steroid dienone is 5. The zero-order valence-electron chi connectivity index (χ0n) is 33.1. The molecule has 1 aromatic heterocycles. The summed E-state index contributed by atoms with van der Waals surface area (Å²) >= 11 is 0. The second-order valence-corrected chi connectivity index (χ2v) is 16.1. The highest BCUT2D eigenvalue weighted by Gasteiger charge is 2.53. The van der Waals surface area contributed by atoms with Gasteiger partial charge in [-0.3, -0.25) is 10.1 Å². The third-order valence-electron chi connectivity index (χ3n) is 12.8. The van der Waals surface area contributed by atoms with Crippen LogP contribution in [0.25, 0.3) is 11.0 Å². The maximum absolute atomic E-state index is 14.0. The maximum atomic E-state index is 14.0. The lowest BCUT2D eigenvalue weighted by atomic mass is 9.67. The Bertz CT molecular complexity index is 2370. The number of fused-ring (bicyclic) bond motifs is 5. The summed E-state index contributed by atoms with van der Waals surface area (Å²) < 4.78 is 20.2. The third kappa shape index (κ3) is 6.84. The van der Waals surface area contributed by atoms with Gasteiger partial charge in [-0.2, -0.15) is 0 Å². The molecule has 0 fully saturated rings. The number of hydrogen-bond donors (Lipinski definition) is 8. The second kappa shape index (κ2) is 15.7. The number of rotatable bonds is 8. The topological polar surface area (TPSA) is 209 Å². The molecule has 6 atom stereocenters. The summed E-state index contributed by atoms with van der Waals surface area (Å²) in [5.74, 6) is -1.15. The molecule has 13 nitrogen and oxygen atoms in total. The van der Waals surface area contributed by atoms with Crippen molar-refractivity contribution in [1.29, 1.82) is 0 Å². The molecule has 0 amide bonds. The van der Waals surface area contributed by atoms with Gasteiger partial charge in [0.15, 0.2) is 5.43 Å². The number of carbonyl (C=O) groups is 1. The molecule has 5 aliphatic rings. The first-order valence-electron chi connectivity index (χ1n) is 20.2. The van der Waals surface area contributed by atoms with E-state index in [1.165, 1.54) is 12.1 Å². The van der Waals surface area contributed by atoms with Gasteiger partial charge in [-0.1, -0.05) is 31.2 Å². The molecule has 0 spiro atoms. The van der Waals surface area contributed by atoms with Crippen LogP contribution in [0, 0.1) is 11.8 Å². The Morgan fingerprint density at radius 2 is 2.00 bits per heavy atom. The number of ether oxygens (including phenoxy) is 2. The molecule has 2 aromatic carbocycles. The Labute approximate surface area is 336 Å². The van der Waals surface area contributed by atoms with Gasteiger partial charge in [-0.25, -0.2) is 4.79 Å². The van der Waals surface area contributed by atoms with Gasteiger partial charge in [0, 0.05) is 48.2 Å². The van der Waals surface area contributed by atoms with Gasteiger partial charge < -0.3 is 50.7 Å². The van der Waals surface area contributed by atoms with E-state index in [2.05, 4.69) is 34.2 Å². The van der Waals surface area contributed by atoms with Crippen LogP contribution in [0.3, 0.4) is 0 Å². The van der Waals surface area contributed by atoms with E-state index in [0.29, 0.717) is 55.8 Å². The van der Waals surface area contributed by atoms with Crippen molar-refractivity contribution in [3.05, 3.63) is 121 Å². The van der Waals surface area contributed by atoms with Crippen molar-refractivity contribution in [2.24, 2.45) is 17.6 Å². The van der Waals surface area contributed by atoms with Crippen molar-refractivity contribution in [2.45, 2.75) is 89.7 Å². The van der Waals surface area contributed by atoms with Crippen LogP contribution >= 0.6 is 0 Å². The highest BCUT2D eigenvalue weighted by molar-refractivity contribution is 5.92. The lowest BCUT2D eigenvalue weighted by molar-refractivity contribution is -0.166. The number of nitrogens with one attached hydrogen (secondary N) is 3. The van der Waals surface area contributed by atoms with Crippen LogP contribution in [0.15, 0.2) is 92.1 Å². The maximum Gasteiger partial charge on any atom is 0.336 e. The Hall–Kier alpha value is -5.50. The first kappa shape index (κ1) is 39.3. The summed E-state index contributed by atoms with van der Waals surface area (Å²) in [6.07, 6.45) is 11.5. The molecule has 0 saturated carbocycles. The predicted molar refractivity (Wildman–Crippen MR) is 218 cm³/mol. The normalized spacial score (nSPS) is 26.4. The minimum absolute atomic E-state index is 0.0116. The number of phenols is 2. The number of aromatic hydroxyl groups is 2. The van der Waals surface area contributed by atoms with Crippen LogP contribution in [0.5, 0.6) is 17.2 Å². The fourth-order valence-corrected chi connectivity index (χ4v) is 9.74. The summed E-state index contributed by atoms with van der Waals surface area (Å²) in [5, 5.41) is 53.5. The number of aliphatic hydroxyl groups is 2. The van der Waals surface area contributed by atoms with Crippen molar-refractivity contribution in [2.75, 3.05) is 19.7 Å². The molecule has 9 N–H and O–H groups in total. The Morgan fingerprint density at radius 1 is 1.17 bits per heavy atom. The van der Waals surface area contributed by atoms with E-state index in [9.17, 15) is 30.0 Å². The first-order chi connectivity index (χ1) is 28.0. The summed E-state index contributed by atoms with van der Waals surface area (Å²) in [4.78, 5) is 27.8. The highest BCUT2D eigenvalue weighted by atomic mass is 16.6. The zero-order chi connectivity index (χ0) is 40.9. The quantitative estimate of drug-likeness (QED) is 0.119. The van der Waals surface area contributed by atoms with E-state index < -0.39 is 42.2 Å². The van der Waals surface area contributed by atoms with Gasteiger partial charge >= 0.3 is 5.97 Å². The largest absolute Gasteiger partial charge is 0.508 e. The van der Waals surface area contributed by atoms with Crippen LogP contribution in [0.2, 0.25) is 0 Å². The number of phenolic OH excluding ortho intramolecular Hbond substituents is 2. The Kier molecular flexibility index (Phi) is 10.6. The van der Waals surface area contributed by atoms with Crippen molar-refractivity contribution in [3.63, 3.8) is 0 Å². The van der Waals surface area contributed by atoms with E-state index in [1.807, 2.05) is 26.1 Å². The van der Waals surface area contributed by atoms with Gasteiger partial charge in [-0.05, 0) is 104 Å².